The molecule has 0 aliphatic carbocycles. The van der Waals surface area contributed by atoms with Gasteiger partial charge < -0.3 is 9.47 Å². The summed E-state index contributed by atoms with van der Waals surface area (Å²) in [6.07, 6.45) is 3.66. The first-order chi connectivity index (χ1) is 12.6. The molecule has 1 aliphatic rings. The smallest absolute Gasteiger partial charge is 0.301 e. The van der Waals surface area contributed by atoms with Gasteiger partial charge in [0, 0.05) is 51.0 Å². The molecule has 0 unspecified atom stereocenters. The average molecular weight is 356 g/mol. The lowest BCUT2D eigenvalue weighted by molar-refractivity contribution is 0.125. The second-order valence-corrected chi connectivity index (χ2v) is 7.08. The van der Waals surface area contributed by atoms with Gasteiger partial charge in [0.05, 0.1) is 0 Å². The molecule has 0 spiro atoms. The van der Waals surface area contributed by atoms with Crippen LogP contribution in [0.25, 0.3) is 0 Å². The maximum absolute atomic E-state index is 11.8. The Bertz CT molecular complexity index is 805. The highest BCUT2D eigenvalue weighted by Crippen LogP contribution is 2.09. The molecule has 0 atom stereocenters. The fourth-order valence-electron chi connectivity index (χ4n) is 3.41. The van der Waals surface area contributed by atoms with E-state index in [1.807, 2.05) is 0 Å². The number of piperazine rings is 1. The number of H-pyrrole nitrogens is 1. The summed E-state index contributed by atoms with van der Waals surface area (Å²) in [5.74, 6) is 0. The van der Waals surface area contributed by atoms with Crippen molar-refractivity contribution in [2.24, 2.45) is 0 Å². The molecular formula is C20H28N4O2. The predicted octanol–water partition coefficient (Wildman–Crippen LogP) is 1.44. The third kappa shape index (κ3) is 5.16. The number of aromatic nitrogens is 2. The van der Waals surface area contributed by atoms with E-state index in [0.29, 0.717) is 12.1 Å². The van der Waals surface area contributed by atoms with Gasteiger partial charge in [-0.3, -0.25) is 14.7 Å². The first kappa shape index (κ1) is 18.6. The molecule has 0 bridgehead atoms. The quantitative estimate of drug-likeness (QED) is 0.763. The summed E-state index contributed by atoms with van der Waals surface area (Å²) in [6.45, 7) is 8.89. The highest BCUT2D eigenvalue weighted by molar-refractivity contribution is 5.14. The first-order valence-electron chi connectivity index (χ1n) is 9.41. The maximum Gasteiger partial charge on any atom is 0.328 e. The van der Waals surface area contributed by atoms with Crippen molar-refractivity contribution in [3.63, 3.8) is 0 Å². The number of rotatable bonds is 7. The largest absolute Gasteiger partial charge is 0.328 e. The Morgan fingerprint density at radius 3 is 2.31 bits per heavy atom. The number of aromatic amines is 1. The van der Waals surface area contributed by atoms with E-state index in [9.17, 15) is 9.59 Å². The van der Waals surface area contributed by atoms with Crippen molar-refractivity contribution in [3.8, 4) is 0 Å². The number of aryl methyl sites for hydroxylation is 2. The summed E-state index contributed by atoms with van der Waals surface area (Å²) in [5.41, 5.74) is 1.36. The zero-order valence-electron chi connectivity index (χ0n) is 15.5. The van der Waals surface area contributed by atoms with E-state index >= 15 is 0 Å². The van der Waals surface area contributed by atoms with Gasteiger partial charge in [0.15, 0.2) is 0 Å². The van der Waals surface area contributed by atoms with Crippen LogP contribution >= 0.6 is 0 Å². The summed E-state index contributed by atoms with van der Waals surface area (Å²) in [4.78, 5) is 30.5. The molecule has 1 fully saturated rings. The third-order valence-corrected chi connectivity index (χ3v) is 5.03. The van der Waals surface area contributed by atoms with Gasteiger partial charge in [-0.15, -0.1) is 0 Å². The third-order valence-electron chi connectivity index (χ3n) is 5.03. The van der Waals surface area contributed by atoms with Crippen molar-refractivity contribution in [1.29, 1.82) is 0 Å². The van der Waals surface area contributed by atoms with Gasteiger partial charge in [-0.05, 0) is 31.9 Å². The first-order valence-corrected chi connectivity index (χ1v) is 9.41. The predicted molar refractivity (Wildman–Crippen MR) is 103 cm³/mol. The fraction of sp³-hybridized carbons (Fsp3) is 0.500. The summed E-state index contributed by atoms with van der Waals surface area (Å²) < 4.78 is 1.61. The summed E-state index contributed by atoms with van der Waals surface area (Å²) in [7, 11) is 0. The molecule has 1 aromatic heterocycles. The summed E-state index contributed by atoms with van der Waals surface area (Å²) in [6, 6.07) is 10.6. The standard InChI is InChI=1S/C20H28N4O2/c1-17-15-24(20(26)21-19(17)25)10-6-5-9-22-11-13-23(14-12-22)16-18-7-3-2-4-8-18/h2-4,7-8,15H,5-6,9-14,16H2,1H3,(H,21,25,26). The molecule has 3 rings (SSSR count). The minimum absolute atomic E-state index is 0.292. The zero-order chi connectivity index (χ0) is 18.4. The van der Waals surface area contributed by atoms with Gasteiger partial charge in [0.25, 0.3) is 5.56 Å². The van der Waals surface area contributed by atoms with Crippen molar-refractivity contribution in [2.45, 2.75) is 32.9 Å². The van der Waals surface area contributed by atoms with Crippen molar-refractivity contribution >= 4 is 0 Å². The van der Waals surface area contributed by atoms with E-state index < -0.39 is 0 Å². The van der Waals surface area contributed by atoms with Gasteiger partial charge in [0.2, 0.25) is 0 Å². The number of unbranched alkanes of at least 4 members (excludes halogenated alkanes) is 1. The SMILES string of the molecule is Cc1cn(CCCCN2CCN(Cc3ccccc3)CC2)c(=O)[nH]c1=O. The van der Waals surface area contributed by atoms with E-state index in [4.69, 9.17) is 0 Å². The Labute approximate surface area is 154 Å². The van der Waals surface area contributed by atoms with Crippen molar-refractivity contribution < 1.29 is 0 Å². The van der Waals surface area contributed by atoms with Crippen LogP contribution in [0.3, 0.4) is 0 Å². The van der Waals surface area contributed by atoms with Crippen molar-refractivity contribution in [1.82, 2.24) is 19.4 Å². The number of nitrogens with zero attached hydrogens (tertiary/aromatic N) is 3. The zero-order valence-corrected chi connectivity index (χ0v) is 15.5. The van der Waals surface area contributed by atoms with Crippen LogP contribution < -0.4 is 11.2 Å². The normalized spacial score (nSPS) is 16.0. The monoisotopic (exact) mass is 356 g/mol. The lowest BCUT2D eigenvalue weighted by Gasteiger charge is -2.34. The average Bonchev–Trinajstić information content (AvgIpc) is 2.65. The number of hydrogen-bond donors (Lipinski definition) is 1. The van der Waals surface area contributed by atoms with E-state index in [0.717, 1.165) is 52.1 Å². The second-order valence-electron chi connectivity index (χ2n) is 7.08. The van der Waals surface area contributed by atoms with Crippen LogP contribution in [0.5, 0.6) is 0 Å². The van der Waals surface area contributed by atoms with Gasteiger partial charge in [0.1, 0.15) is 0 Å². The highest BCUT2D eigenvalue weighted by Gasteiger charge is 2.16. The molecule has 1 aromatic carbocycles. The number of benzene rings is 1. The molecule has 2 heterocycles. The minimum Gasteiger partial charge on any atom is -0.301 e. The minimum atomic E-state index is -0.310. The Kier molecular flexibility index (Phi) is 6.41. The molecule has 26 heavy (non-hydrogen) atoms. The topological polar surface area (TPSA) is 61.3 Å². The lowest BCUT2D eigenvalue weighted by Crippen LogP contribution is -2.46. The molecule has 6 heteroatoms. The molecule has 2 aromatic rings. The lowest BCUT2D eigenvalue weighted by atomic mass is 10.2. The number of nitrogens with one attached hydrogen (secondary N) is 1. The number of hydrogen-bond acceptors (Lipinski definition) is 4. The van der Waals surface area contributed by atoms with Crippen LogP contribution in [0.1, 0.15) is 24.0 Å². The van der Waals surface area contributed by atoms with E-state index in [-0.39, 0.29) is 11.2 Å². The van der Waals surface area contributed by atoms with Crippen LogP contribution in [0.15, 0.2) is 46.1 Å². The molecular weight excluding hydrogens is 328 g/mol. The molecule has 0 radical (unpaired) electrons. The highest BCUT2D eigenvalue weighted by atomic mass is 16.2. The van der Waals surface area contributed by atoms with Crippen LogP contribution in [-0.2, 0) is 13.1 Å². The molecule has 140 valence electrons. The van der Waals surface area contributed by atoms with Crippen molar-refractivity contribution in [3.05, 3.63) is 68.5 Å². The van der Waals surface area contributed by atoms with Gasteiger partial charge >= 0.3 is 5.69 Å². The van der Waals surface area contributed by atoms with E-state index in [2.05, 4.69) is 45.1 Å². The summed E-state index contributed by atoms with van der Waals surface area (Å²) in [5, 5.41) is 0. The molecule has 0 saturated carbocycles. The van der Waals surface area contributed by atoms with Crippen LogP contribution in [0.4, 0.5) is 0 Å². The maximum atomic E-state index is 11.8. The van der Waals surface area contributed by atoms with Crippen LogP contribution in [0.2, 0.25) is 0 Å². The van der Waals surface area contributed by atoms with E-state index in [1.54, 1.807) is 17.7 Å². The van der Waals surface area contributed by atoms with Crippen molar-refractivity contribution in [2.75, 3.05) is 32.7 Å². The second kappa shape index (κ2) is 8.96. The van der Waals surface area contributed by atoms with Gasteiger partial charge in [-0.25, -0.2) is 4.79 Å². The van der Waals surface area contributed by atoms with E-state index in [1.165, 1.54) is 5.56 Å². The van der Waals surface area contributed by atoms with Crippen LogP contribution in [-0.4, -0.2) is 52.1 Å². The Hall–Kier alpha value is -2.18. The molecule has 1 saturated heterocycles. The molecule has 6 nitrogen and oxygen atoms in total. The molecule has 0 amide bonds. The van der Waals surface area contributed by atoms with Crippen LogP contribution in [0, 0.1) is 6.92 Å². The van der Waals surface area contributed by atoms with Gasteiger partial charge in [-0.1, -0.05) is 30.3 Å². The fourth-order valence-corrected chi connectivity index (χ4v) is 3.41. The molecule has 1 N–H and O–H groups in total. The Morgan fingerprint density at radius 1 is 0.923 bits per heavy atom. The summed E-state index contributed by atoms with van der Waals surface area (Å²) >= 11 is 0. The molecule has 1 aliphatic heterocycles. The Balaban J connectivity index is 1.36. The Morgan fingerprint density at radius 2 is 1.58 bits per heavy atom. The van der Waals surface area contributed by atoms with Gasteiger partial charge in [-0.2, -0.15) is 0 Å².